The van der Waals surface area contributed by atoms with E-state index in [0.29, 0.717) is 0 Å². The van der Waals surface area contributed by atoms with E-state index in [1.165, 1.54) is 5.57 Å². The zero-order valence-electron chi connectivity index (χ0n) is 6.65. The van der Waals surface area contributed by atoms with E-state index in [1.807, 2.05) is 6.92 Å². The molecule has 0 aromatic carbocycles. The van der Waals surface area contributed by atoms with Gasteiger partial charge in [0.25, 0.3) is 0 Å². The van der Waals surface area contributed by atoms with Crippen molar-refractivity contribution in [3.63, 3.8) is 0 Å². The Balaban J connectivity index is 2.90. The lowest BCUT2D eigenvalue weighted by Crippen LogP contribution is -2.01. The Hall–Kier alpha value is -0.560. The summed E-state index contributed by atoms with van der Waals surface area (Å²) in [5.41, 5.74) is 3.51. The fraction of sp³-hybridized carbons (Fsp3) is 0.556. The van der Waals surface area contributed by atoms with Crippen molar-refractivity contribution in [3.8, 4) is 0 Å². The van der Waals surface area contributed by atoms with Crippen LogP contribution in [0.1, 0.15) is 26.7 Å². The van der Waals surface area contributed by atoms with Gasteiger partial charge in [0.15, 0.2) is 0 Å². The predicted octanol–water partition coefficient (Wildman–Crippen LogP) is 2.03. The van der Waals surface area contributed by atoms with Gasteiger partial charge in [-0.2, -0.15) is 0 Å². The van der Waals surface area contributed by atoms with E-state index in [0.717, 1.165) is 24.0 Å². The Labute approximate surface area is 62.1 Å². The van der Waals surface area contributed by atoms with E-state index >= 15 is 0 Å². The molecule has 0 bridgehead atoms. The van der Waals surface area contributed by atoms with Gasteiger partial charge < -0.3 is 5.11 Å². The standard InChI is InChI=1S/C9H14O/c1-4-8-6(2)5-9(10)7(8)3/h9-10H,2,4-5H2,1,3H3. The molecule has 0 aromatic heterocycles. The summed E-state index contributed by atoms with van der Waals surface area (Å²) >= 11 is 0. The number of aliphatic hydroxyl groups excluding tert-OH is 1. The summed E-state index contributed by atoms with van der Waals surface area (Å²) in [7, 11) is 0. The van der Waals surface area contributed by atoms with Crippen LogP contribution in [0.5, 0.6) is 0 Å². The summed E-state index contributed by atoms with van der Waals surface area (Å²) in [6.07, 6.45) is 1.50. The molecule has 0 spiro atoms. The molecule has 0 heterocycles. The monoisotopic (exact) mass is 138 g/mol. The lowest BCUT2D eigenvalue weighted by molar-refractivity contribution is 0.219. The van der Waals surface area contributed by atoms with Gasteiger partial charge >= 0.3 is 0 Å². The second-order valence-electron chi connectivity index (χ2n) is 2.84. The zero-order chi connectivity index (χ0) is 7.72. The molecular formula is C9H14O. The average molecular weight is 138 g/mol. The largest absolute Gasteiger partial charge is 0.388 e. The van der Waals surface area contributed by atoms with Crippen LogP contribution >= 0.6 is 0 Å². The maximum atomic E-state index is 9.35. The maximum Gasteiger partial charge on any atom is 0.0793 e. The molecular weight excluding hydrogens is 124 g/mol. The first-order valence-electron chi connectivity index (χ1n) is 3.72. The Morgan fingerprint density at radius 1 is 1.70 bits per heavy atom. The number of hydrogen-bond acceptors (Lipinski definition) is 1. The van der Waals surface area contributed by atoms with Crippen molar-refractivity contribution in [2.45, 2.75) is 32.8 Å². The Bertz CT molecular complexity index is 189. The molecule has 56 valence electrons. The Morgan fingerprint density at radius 2 is 2.30 bits per heavy atom. The smallest absolute Gasteiger partial charge is 0.0793 e. The van der Waals surface area contributed by atoms with Crippen molar-refractivity contribution >= 4 is 0 Å². The molecule has 1 heteroatoms. The summed E-state index contributed by atoms with van der Waals surface area (Å²) in [6.45, 7) is 7.98. The minimum Gasteiger partial charge on any atom is -0.388 e. The van der Waals surface area contributed by atoms with Crippen molar-refractivity contribution in [1.29, 1.82) is 0 Å². The van der Waals surface area contributed by atoms with Gasteiger partial charge in [-0.25, -0.2) is 0 Å². The Kier molecular flexibility index (Phi) is 1.95. The molecule has 0 saturated carbocycles. The van der Waals surface area contributed by atoms with Crippen LogP contribution in [0.2, 0.25) is 0 Å². The topological polar surface area (TPSA) is 20.2 Å². The van der Waals surface area contributed by atoms with Crippen LogP contribution in [0, 0.1) is 0 Å². The summed E-state index contributed by atoms with van der Waals surface area (Å²) in [4.78, 5) is 0. The molecule has 1 N–H and O–H groups in total. The van der Waals surface area contributed by atoms with Crippen molar-refractivity contribution in [2.24, 2.45) is 0 Å². The second-order valence-corrected chi connectivity index (χ2v) is 2.84. The first-order valence-corrected chi connectivity index (χ1v) is 3.72. The van der Waals surface area contributed by atoms with Gasteiger partial charge in [0.2, 0.25) is 0 Å². The SMILES string of the molecule is C=C1CC(O)C(C)=C1CC. The average Bonchev–Trinajstić information content (AvgIpc) is 2.09. The van der Waals surface area contributed by atoms with Crippen molar-refractivity contribution in [1.82, 2.24) is 0 Å². The molecule has 1 atom stereocenters. The highest BCUT2D eigenvalue weighted by molar-refractivity contribution is 5.40. The lowest BCUT2D eigenvalue weighted by Gasteiger charge is -2.00. The summed E-state index contributed by atoms with van der Waals surface area (Å²) < 4.78 is 0. The first-order chi connectivity index (χ1) is 4.66. The van der Waals surface area contributed by atoms with E-state index in [1.54, 1.807) is 0 Å². The normalized spacial score (nSPS) is 26.3. The van der Waals surface area contributed by atoms with Crippen molar-refractivity contribution < 1.29 is 5.11 Å². The van der Waals surface area contributed by atoms with Crippen LogP contribution in [0.3, 0.4) is 0 Å². The van der Waals surface area contributed by atoms with Gasteiger partial charge in [0.05, 0.1) is 6.10 Å². The number of allylic oxidation sites excluding steroid dienone is 1. The molecule has 1 nitrogen and oxygen atoms in total. The lowest BCUT2D eigenvalue weighted by atomic mass is 10.1. The minimum atomic E-state index is -0.248. The van der Waals surface area contributed by atoms with Gasteiger partial charge in [-0.15, -0.1) is 0 Å². The highest BCUT2D eigenvalue weighted by atomic mass is 16.3. The van der Waals surface area contributed by atoms with Gasteiger partial charge in [-0.1, -0.05) is 13.5 Å². The third-order valence-corrected chi connectivity index (χ3v) is 2.20. The predicted molar refractivity (Wildman–Crippen MR) is 42.8 cm³/mol. The third-order valence-electron chi connectivity index (χ3n) is 2.20. The molecule has 0 saturated heterocycles. The molecule has 0 aliphatic heterocycles. The van der Waals surface area contributed by atoms with Crippen LogP contribution < -0.4 is 0 Å². The van der Waals surface area contributed by atoms with E-state index in [2.05, 4.69) is 13.5 Å². The highest BCUT2D eigenvalue weighted by Gasteiger charge is 2.21. The molecule has 10 heavy (non-hydrogen) atoms. The highest BCUT2D eigenvalue weighted by Crippen LogP contribution is 2.31. The van der Waals surface area contributed by atoms with Crippen LogP contribution in [0.4, 0.5) is 0 Å². The fourth-order valence-electron chi connectivity index (χ4n) is 1.52. The van der Waals surface area contributed by atoms with Gasteiger partial charge in [-0.3, -0.25) is 0 Å². The molecule has 1 aliphatic rings. The third kappa shape index (κ3) is 1.01. The van der Waals surface area contributed by atoms with E-state index < -0.39 is 0 Å². The van der Waals surface area contributed by atoms with Crippen molar-refractivity contribution in [2.75, 3.05) is 0 Å². The number of rotatable bonds is 1. The zero-order valence-corrected chi connectivity index (χ0v) is 6.65. The summed E-state index contributed by atoms with van der Waals surface area (Å²) in [6, 6.07) is 0. The number of hydrogen-bond donors (Lipinski definition) is 1. The fourth-order valence-corrected chi connectivity index (χ4v) is 1.52. The molecule has 1 rings (SSSR count). The van der Waals surface area contributed by atoms with Crippen LogP contribution in [0.15, 0.2) is 23.3 Å². The summed E-state index contributed by atoms with van der Waals surface area (Å²) in [5.74, 6) is 0. The molecule has 0 fully saturated rings. The van der Waals surface area contributed by atoms with E-state index in [4.69, 9.17) is 0 Å². The van der Waals surface area contributed by atoms with Gasteiger partial charge in [0.1, 0.15) is 0 Å². The summed E-state index contributed by atoms with van der Waals surface area (Å²) in [5, 5.41) is 9.35. The second kappa shape index (κ2) is 2.59. The van der Waals surface area contributed by atoms with Gasteiger partial charge in [0, 0.05) is 6.42 Å². The van der Waals surface area contributed by atoms with E-state index in [9.17, 15) is 5.11 Å². The Morgan fingerprint density at radius 3 is 2.50 bits per heavy atom. The molecule has 1 unspecified atom stereocenters. The number of aliphatic hydroxyl groups is 1. The van der Waals surface area contributed by atoms with E-state index in [-0.39, 0.29) is 6.10 Å². The van der Waals surface area contributed by atoms with Crippen LogP contribution in [-0.4, -0.2) is 11.2 Å². The molecule has 0 aromatic rings. The molecule has 1 aliphatic carbocycles. The van der Waals surface area contributed by atoms with Crippen LogP contribution in [0.25, 0.3) is 0 Å². The maximum absolute atomic E-state index is 9.35. The quantitative estimate of drug-likeness (QED) is 0.588. The first kappa shape index (κ1) is 7.55. The van der Waals surface area contributed by atoms with Gasteiger partial charge in [-0.05, 0) is 30.1 Å². The molecule has 0 radical (unpaired) electrons. The minimum absolute atomic E-state index is 0.248. The van der Waals surface area contributed by atoms with Crippen molar-refractivity contribution in [3.05, 3.63) is 23.3 Å². The molecule has 0 amide bonds. The van der Waals surface area contributed by atoms with Crippen LogP contribution in [-0.2, 0) is 0 Å².